The summed E-state index contributed by atoms with van der Waals surface area (Å²) in [6, 6.07) is 4.75. The molecule has 120 valence electrons. The molecule has 1 amide bonds. The highest BCUT2D eigenvalue weighted by molar-refractivity contribution is 9.10. The third-order valence-corrected chi connectivity index (χ3v) is 4.68. The lowest BCUT2D eigenvalue weighted by atomic mass is 9.94. The van der Waals surface area contributed by atoms with E-state index in [1.165, 1.54) is 0 Å². The minimum atomic E-state index is -0.830. The highest BCUT2D eigenvalue weighted by atomic mass is 79.9. The van der Waals surface area contributed by atoms with E-state index >= 15 is 0 Å². The first-order valence-electron chi connectivity index (χ1n) is 7.40. The van der Waals surface area contributed by atoms with Gasteiger partial charge in [-0.15, -0.1) is 0 Å². The van der Waals surface area contributed by atoms with Gasteiger partial charge in [0.05, 0.1) is 17.5 Å². The molecule has 6 heteroatoms. The van der Waals surface area contributed by atoms with E-state index in [0.29, 0.717) is 28.6 Å². The highest BCUT2D eigenvalue weighted by Gasteiger charge is 2.30. The van der Waals surface area contributed by atoms with Gasteiger partial charge in [-0.3, -0.25) is 9.59 Å². The first-order chi connectivity index (χ1) is 10.5. The van der Waals surface area contributed by atoms with E-state index in [1.807, 2.05) is 0 Å². The average molecular weight is 370 g/mol. The zero-order valence-electron chi connectivity index (χ0n) is 12.5. The molecule has 2 rings (SSSR count). The van der Waals surface area contributed by atoms with Gasteiger partial charge < -0.3 is 15.2 Å². The van der Waals surface area contributed by atoms with Crippen LogP contribution in [0.2, 0.25) is 0 Å². The maximum absolute atomic E-state index is 12.4. The number of rotatable bonds is 4. The van der Waals surface area contributed by atoms with Crippen molar-refractivity contribution in [1.29, 1.82) is 0 Å². The first kappa shape index (κ1) is 16.8. The lowest BCUT2D eigenvalue weighted by Crippen LogP contribution is -2.42. The number of hydrogen-bond acceptors (Lipinski definition) is 3. The zero-order chi connectivity index (χ0) is 16.1. The molecule has 0 saturated heterocycles. The number of halogens is 1. The van der Waals surface area contributed by atoms with Crippen molar-refractivity contribution in [2.45, 2.75) is 38.1 Å². The first-order valence-corrected chi connectivity index (χ1v) is 8.19. The molecule has 2 N–H and O–H groups in total. The summed E-state index contributed by atoms with van der Waals surface area (Å²) >= 11 is 3.35. The summed E-state index contributed by atoms with van der Waals surface area (Å²) in [4.78, 5) is 23.8. The molecule has 1 aliphatic carbocycles. The van der Waals surface area contributed by atoms with Crippen LogP contribution in [0.4, 0.5) is 0 Å². The number of nitrogens with one attached hydrogen (secondary N) is 1. The van der Waals surface area contributed by atoms with Crippen molar-refractivity contribution in [3.63, 3.8) is 0 Å². The van der Waals surface area contributed by atoms with E-state index in [0.717, 1.165) is 19.3 Å². The van der Waals surface area contributed by atoms with E-state index in [9.17, 15) is 14.7 Å². The monoisotopic (exact) mass is 369 g/mol. The Morgan fingerprint density at radius 2 is 2.00 bits per heavy atom. The van der Waals surface area contributed by atoms with Gasteiger partial charge in [0.1, 0.15) is 5.75 Å². The predicted molar refractivity (Wildman–Crippen MR) is 86.2 cm³/mol. The summed E-state index contributed by atoms with van der Waals surface area (Å²) in [5, 5.41) is 12.2. The van der Waals surface area contributed by atoms with Crippen LogP contribution >= 0.6 is 15.9 Å². The quantitative estimate of drug-likeness (QED) is 0.798. The fourth-order valence-electron chi connectivity index (χ4n) is 2.84. The fraction of sp³-hybridized carbons (Fsp3) is 0.500. The Bertz CT molecular complexity index is 561. The van der Waals surface area contributed by atoms with E-state index in [2.05, 4.69) is 21.2 Å². The molecule has 0 unspecified atom stereocenters. The summed E-state index contributed by atoms with van der Waals surface area (Å²) in [5.74, 6) is -0.938. The Labute approximate surface area is 138 Å². The van der Waals surface area contributed by atoms with Crippen molar-refractivity contribution < 1.29 is 19.4 Å². The van der Waals surface area contributed by atoms with Gasteiger partial charge in [-0.2, -0.15) is 0 Å². The average Bonchev–Trinajstić information content (AvgIpc) is 2.72. The fourth-order valence-corrected chi connectivity index (χ4v) is 3.38. The van der Waals surface area contributed by atoms with Gasteiger partial charge in [-0.05, 0) is 47.0 Å². The Morgan fingerprint density at radius 1 is 1.27 bits per heavy atom. The SMILES string of the molecule is COc1ccc(C(=O)N[C@H]2CCCCC[C@H]2C(=O)O)cc1Br. The van der Waals surface area contributed by atoms with Crippen molar-refractivity contribution in [2.24, 2.45) is 5.92 Å². The van der Waals surface area contributed by atoms with Gasteiger partial charge in [-0.1, -0.05) is 19.3 Å². The third kappa shape index (κ3) is 4.00. The normalized spacial score (nSPS) is 21.7. The Morgan fingerprint density at radius 3 is 2.64 bits per heavy atom. The number of carboxylic acids is 1. The summed E-state index contributed by atoms with van der Waals surface area (Å²) in [5.41, 5.74) is 0.487. The number of carboxylic acid groups (broad SMARTS) is 1. The van der Waals surface area contributed by atoms with Gasteiger partial charge >= 0.3 is 5.97 Å². The minimum Gasteiger partial charge on any atom is -0.496 e. The number of carbonyl (C=O) groups excluding carboxylic acids is 1. The van der Waals surface area contributed by atoms with E-state index in [4.69, 9.17) is 4.74 Å². The molecule has 1 aromatic carbocycles. The molecule has 1 saturated carbocycles. The summed E-state index contributed by atoms with van der Waals surface area (Å²) in [6.45, 7) is 0. The van der Waals surface area contributed by atoms with E-state index in [-0.39, 0.29) is 11.9 Å². The van der Waals surface area contributed by atoms with Crippen LogP contribution in [-0.2, 0) is 4.79 Å². The van der Waals surface area contributed by atoms with Gasteiger partial charge in [0.25, 0.3) is 5.91 Å². The minimum absolute atomic E-state index is 0.249. The van der Waals surface area contributed by atoms with Crippen LogP contribution in [-0.4, -0.2) is 30.1 Å². The molecule has 0 aliphatic heterocycles. The second-order valence-electron chi connectivity index (χ2n) is 5.51. The Kier molecular flexibility index (Phi) is 5.83. The highest BCUT2D eigenvalue weighted by Crippen LogP contribution is 2.27. The lowest BCUT2D eigenvalue weighted by molar-refractivity contribution is -0.142. The molecule has 1 aromatic rings. The Hall–Kier alpha value is -1.56. The van der Waals surface area contributed by atoms with Gasteiger partial charge in [0.15, 0.2) is 0 Å². The number of ether oxygens (including phenoxy) is 1. The molecule has 0 aromatic heterocycles. The molecular formula is C16H20BrNO4. The summed E-state index contributed by atoms with van der Waals surface area (Å²) in [7, 11) is 1.56. The van der Waals surface area contributed by atoms with Crippen molar-refractivity contribution >= 4 is 27.8 Å². The molecule has 1 fully saturated rings. The van der Waals surface area contributed by atoms with Crippen LogP contribution in [0, 0.1) is 5.92 Å². The van der Waals surface area contributed by atoms with Crippen molar-refractivity contribution in [3.8, 4) is 5.75 Å². The molecule has 0 bridgehead atoms. The number of hydrogen-bond donors (Lipinski definition) is 2. The smallest absolute Gasteiger partial charge is 0.308 e. The molecule has 22 heavy (non-hydrogen) atoms. The molecule has 0 radical (unpaired) electrons. The number of amides is 1. The van der Waals surface area contributed by atoms with E-state index < -0.39 is 11.9 Å². The molecule has 1 aliphatic rings. The summed E-state index contributed by atoms with van der Waals surface area (Å²) < 4.78 is 5.83. The number of carbonyl (C=O) groups is 2. The maximum atomic E-state index is 12.4. The van der Waals surface area contributed by atoms with Crippen molar-refractivity contribution in [1.82, 2.24) is 5.32 Å². The zero-order valence-corrected chi connectivity index (χ0v) is 14.1. The standard InChI is InChI=1S/C16H20BrNO4/c1-22-14-8-7-10(9-12(14)17)15(19)18-13-6-4-2-3-5-11(13)16(20)21/h7-9,11,13H,2-6H2,1H3,(H,18,19)(H,20,21)/t11-,13+/m1/s1. The number of methoxy groups -OCH3 is 1. The van der Waals surface area contributed by atoms with Crippen LogP contribution in [0.3, 0.4) is 0 Å². The molecular weight excluding hydrogens is 350 g/mol. The molecule has 5 nitrogen and oxygen atoms in total. The van der Waals surface area contributed by atoms with Crippen LogP contribution in [0.5, 0.6) is 5.75 Å². The number of aliphatic carboxylic acids is 1. The van der Waals surface area contributed by atoms with Gasteiger partial charge in [0, 0.05) is 11.6 Å². The molecule has 0 heterocycles. The largest absolute Gasteiger partial charge is 0.496 e. The van der Waals surface area contributed by atoms with Crippen LogP contribution < -0.4 is 10.1 Å². The van der Waals surface area contributed by atoms with Crippen molar-refractivity contribution in [3.05, 3.63) is 28.2 Å². The maximum Gasteiger partial charge on any atom is 0.308 e. The summed E-state index contributed by atoms with van der Waals surface area (Å²) in [6.07, 6.45) is 4.19. The van der Waals surface area contributed by atoms with Crippen molar-refractivity contribution in [2.75, 3.05) is 7.11 Å². The lowest BCUT2D eigenvalue weighted by Gasteiger charge is -2.23. The Balaban J connectivity index is 2.12. The van der Waals surface area contributed by atoms with E-state index in [1.54, 1.807) is 25.3 Å². The molecule has 0 spiro atoms. The predicted octanol–water partition coefficient (Wildman–Crippen LogP) is 3.22. The molecule has 2 atom stereocenters. The second-order valence-corrected chi connectivity index (χ2v) is 6.37. The van der Waals surface area contributed by atoms with Gasteiger partial charge in [0.2, 0.25) is 0 Å². The number of benzene rings is 1. The second kappa shape index (κ2) is 7.63. The topological polar surface area (TPSA) is 75.6 Å². The third-order valence-electron chi connectivity index (χ3n) is 4.06. The van der Waals surface area contributed by atoms with Crippen LogP contribution in [0.1, 0.15) is 42.5 Å². The van der Waals surface area contributed by atoms with Gasteiger partial charge in [-0.25, -0.2) is 0 Å². The van der Waals surface area contributed by atoms with Crippen LogP contribution in [0.15, 0.2) is 22.7 Å². The van der Waals surface area contributed by atoms with Crippen LogP contribution in [0.25, 0.3) is 0 Å².